The number of hydrogen-bond acceptors (Lipinski definition) is 2. The molecule has 23 heavy (non-hydrogen) atoms. The number of nitrogens with zero attached hydrogens (tertiary/aromatic N) is 2. The van der Waals surface area contributed by atoms with Crippen molar-refractivity contribution in [2.24, 2.45) is 0 Å². The van der Waals surface area contributed by atoms with Gasteiger partial charge in [0, 0.05) is 24.6 Å². The molecule has 0 radical (unpaired) electrons. The van der Waals surface area contributed by atoms with Gasteiger partial charge in [-0.05, 0) is 23.8 Å². The maximum Gasteiger partial charge on any atom is 0.406 e. The smallest absolute Gasteiger partial charge is 0.347 e. The first kappa shape index (κ1) is 19.2. The van der Waals surface area contributed by atoms with E-state index in [0.717, 1.165) is 15.4 Å². The van der Waals surface area contributed by atoms with Crippen molar-refractivity contribution >= 4 is 33.8 Å². The lowest BCUT2D eigenvalue weighted by Crippen LogP contribution is -2.44. The van der Waals surface area contributed by atoms with E-state index in [4.69, 9.17) is 0 Å². The van der Waals surface area contributed by atoms with Crippen LogP contribution in [0.15, 0.2) is 34.8 Å². The van der Waals surface area contributed by atoms with Crippen molar-refractivity contribution in [1.29, 1.82) is 0 Å². The van der Waals surface area contributed by atoms with E-state index in [0.29, 0.717) is 10.5 Å². The topological polar surface area (TPSA) is 40.6 Å². The molecule has 0 aromatic heterocycles. The third-order valence-electron chi connectivity index (χ3n) is 2.77. The van der Waals surface area contributed by atoms with Crippen LogP contribution >= 0.6 is 15.9 Å². The Morgan fingerprint density at radius 1 is 1.26 bits per heavy atom. The predicted octanol–water partition coefficient (Wildman–Crippen LogP) is 2.94. The largest absolute Gasteiger partial charge is 0.406 e. The molecule has 0 heterocycles. The summed E-state index contributed by atoms with van der Waals surface area (Å²) in [6.07, 6.45) is -2.15. The van der Waals surface area contributed by atoms with Crippen LogP contribution in [0.3, 0.4) is 0 Å². The van der Waals surface area contributed by atoms with Crippen LogP contribution in [0.1, 0.15) is 5.56 Å². The van der Waals surface area contributed by atoms with Crippen molar-refractivity contribution in [3.05, 3.63) is 40.4 Å². The Bertz CT molecular complexity index is 601. The molecule has 0 fully saturated rings. The third kappa shape index (κ3) is 7.32. The molecule has 0 unspecified atom stereocenters. The first-order valence-corrected chi connectivity index (χ1v) is 7.37. The molecule has 0 aliphatic rings. The predicted molar refractivity (Wildman–Crippen MR) is 84.5 cm³/mol. The molecule has 0 spiro atoms. The lowest BCUT2D eigenvalue weighted by atomic mass is 10.2. The number of halogens is 4. The SMILES string of the molecule is CN(C)C(=O)CN(CC(F)(F)F)C(=O)C=Cc1cccc(Br)c1. The monoisotopic (exact) mass is 392 g/mol. The molecular weight excluding hydrogens is 377 g/mol. The van der Waals surface area contributed by atoms with Crippen molar-refractivity contribution in [3.63, 3.8) is 0 Å². The van der Waals surface area contributed by atoms with Gasteiger partial charge >= 0.3 is 6.18 Å². The lowest BCUT2D eigenvalue weighted by molar-refractivity contribution is -0.161. The van der Waals surface area contributed by atoms with Gasteiger partial charge in [0.25, 0.3) is 0 Å². The van der Waals surface area contributed by atoms with Crippen LogP contribution in [0, 0.1) is 0 Å². The van der Waals surface area contributed by atoms with Gasteiger partial charge in [-0.2, -0.15) is 13.2 Å². The molecule has 0 atom stereocenters. The third-order valence-corrected chi connectivity index (χ3v) is 3.27. The average Bonchev–Trinajstić information content (AvgIpc) is 2.42. The molecule has 0 saturated carbocycles. The van der Waals surface area contributed by atoms with E-state index in [9.17, 15) is 22.8 Å². The highest BCUT2D eigenvalue weighted by atomic mass is 79.9. The van der Waals surface area contributed by atoms with E-state index >= 15 is 0 Å². The Labute approximate surface area is 140 Å². The molecule has 1 rings (SSSR count). The summed E-state index contributed by atoms with van der Waals surface area (Å²) >= 11 is 3.26. The minimum atomic E-state index is -4.58. The molecule has 8 heteroatoms. The fraction of sp³-hybridized carbons (Fsp3) is 0.333. The van der Waals surface area contributed by atoms with Crippen molar-refractivity contribution in [2.45, 2.75) is 6.18 Å². The molecular formula is C15H16BrF3N2O2. The Kier molecular flexibility index (Phi) is 6.80. The molecule has 4 nitrogen and oxygen atoms in total. The summed E-state index contributed by atoms with van der Waals surface area (Å²) in [6.45, 7) is -2.11. The van der Waals surface area contributed by atoms with E-state index in [1.165, 1.54) is 20.2 Å². The van der Waals surface area contributed by atoms with Crippen molar-refractivity contribution in [3.8, 4) is 0 Å². The first-order chi connectivity index (χ1) is 10.6. The molecule has 0 saturated heterocycles. The number of alkyl halides is 3. The molecule has 0 bridgehead atoms. The standard InChI is InChI=1S/C15H16BrF3N2O2/c1-20(2)14(23)9-21(10-15(17,18)19)13(22)7-6-11-4-3-5-12(16)8-11/h3-8H,9-10H2,1-2H3. The second-order valence-electron chi connectivity index (χ2n) is 4.99. The van der Waals surface area contributed by atoms with E-state index < -0.39 is 31.1 Å². The Balaban J connectivity index is 2.87. The fourth-order valence-electron chi connectivity index (χ4n) is 1.62. The van der Waals surface area contributed by atoms with Gasteiger partial charge in [0.05, 0.1) is 0 Å². The van der Waals surface area contributed by atoms with Crippen LogP contribution < -0.4 is 0 Å². The highest BCUT2D eigenvalue weighted by Gasteiger charge is 2.33. The highest BCUT2D eigenvalue weighted by Crippen LogP contribution is 2.17. The number of hydrogen-bond donors (Lipinski definition) is 0. The molecule has 126 valence electrons. The van der Waals surface area contributed by atoms with Gasteiger partial charge in [-0.25, -0.2) is 0 Å². The maximum absolute atomic E-state index is 12.6. The van der Waals surface area contributed by atoms with Crippen molar-refractivity contribution in [2.75, 3.05) is 27.2 Å². The van der Waals surface area contributed by atoms with Gasteiger partial charge in [-0.3, -0.25) is 9.59 Å². The molecule has 0 N–H and O–H groups in total. The van der Waals surface area contributed by atoms with Crippen LogP contribution in [0.4, 0.5) is 13.2 Å². The van der Waals surface area contributed by atoms with Crippen LogP contribution in [-0.4, -0.2) is 55.0 Å². The maximum atomic E-state index is 12.6. The van der Waals surface area contributed by atoms with E-state index in [1.807, 2.05) is 0 Å². The summed E-state index contributed by atoms with van der Waals surface area (Å²) in [4.78, 5) is 25.2. The number of likely N-dealkylation sites (N-methyl/N-ethyl adjacent to an activating group) is 1. The average molecular weight is 393 g/mol. The number of carbonyl (C=O) groups excluding carboxylic acids is 2. The second kappa shape index (κ2) is 8.14. The number of benzene rings is 1. The summed E-state index contributed by atoms with van der Waals surface area (Å²) < 4.78 is 38.5. The molecule has 1 aromatic rings. The zero-order chi connectivity index (χ0) is 17.6. The van der Waals surface area contributed by atoms with Gasteiger partial charge < -0.3 is 9.80 Å². The van der Waals surface area contributed by atoms with Crippen LogP contribution in [0.25, 0.3) is 6.08 Å². The lowest BCUT2D eigenvalue weighted by Gasteiger charge is -2.23. The van der Waals surface area contributed by atoms with Crippen LogP contribution in [0.2, 0.25) is 0 Å². The van der Waals surface area contributed by atoms with Gasteiger partial charge in [0.15, 0.2) is 0 Å². The zero-order valence-corrected chi connectivity index (χ0v) is 14.2. The minimum Gasteiger partial charge on any atom is -0.347 e. The van der Waals surface area contributed by atoms with Gasteiger partial charge in [-0.1, -0.05) is 28.1 Å². The number of amides is 2. The quantitative estimate of drug-likeness (QED) is 0.722. The fourth-order valence-corrected chi connectivity index (χ4v) is 2.03. The molecule has 0 aliphatic heterocycles. The van der Waals surface area contributed by atoms with E-state index in [1.54, 1.807) is 24.3 Å². The Hall–Kier alpha value is -1.83. The van der Waals surface area contributed by atoms with Crippen molar-refractivity contribution < 1.29 is 22.8 Å². The van der Waals surface area contributed by atoms with Gasteiger partial charge in [0.2, 0.25) is 11.8 Å². The first-order valence-electron chi connectivity index (χ1n) is 6.58. The summed E-state index contributed by atoms with van der Waals surface area (Å²) in [5.74, 6) is -1.46. The normalized spacial score (nSPS) is 11.6. The number of rotatable bonds is 5. The summed E-state index contributed by atoms with van der Waals surface area (Å²) in [5.41, 5.74) is 0.651. The molecule has 0 aliphatic carbocycles. The highest BCUT2D eigenvalue weighted by molar-refractivity contribution is 9.10. The van der Waals surface area contributed by atoms with Crippen molar-refractivity contribution in [1.82, 2.24) is 9.80 Å². The molecule has 2 amide bonds. The second-order valence-corrected chi connectivity index (χ2v) is 5.90. The number of carbonyl (C=O) groups is 2. The summed E-state index contributed by atoms with van der Waals surface area (Å²) in [6, 6.07) is 6.93. The molecule has 1 aromatic carbocycles. The summed E-state index contributed by atoms with van der Waals surface area (Å²) in [7, 11) is 2.83. The van der Waals surface area contributed by atoms with Gasteiger partial charge in [0.1, 0.15) is 13.1 Å². The zero-order valence-electron chi connectivity index (χ0n) is 12.6. The van der Waals surface area contributed by atoms with E-state index in [2.05, 4.69) is 15.9 Å². The van der Waals surface area contributed by atoms with Crippen LogP contribution in [-0.2, 0) is 9.59 Å². The van der Waals surface area contributed by atoms with Gasteiger partial charge in [-0.15, -0.1) is 0 Å². The Morgan fingerprint density at radius 3 is 2.43 bits per heavy atom. The van der Waals surface area contributed by atoms with E-state index in [-0.39, 0.29) is 0 Å². The van der Waals surface area contributed by atoms with Crippen LogP contribution in [0.5, 0.6) is 0 Å². The minimum absolute atomic E-state index is 0.469. The summed E-state index contributed by atoms with van der Waals surface area (Å²) in [5, 5.41) is 0. The Morgan fingerprint density at radius 2 is 1.91 bits per heavy atom.